The number of hydrogen-bond donors (Lipinski definition) is 1. The van der Waals surface area contributed by atoms with E-state index in [1.54, 1.807) is 0 Å². The van der Waals surface area contributed by atoms with Crippen molar-refractivity contribution >= 4 is 11.8 Å². The number of hydrogen-bond acceptors (Lipinski definition) is 5. The smallest absolute Gasteiger partial charge is 0.407 e. The minimum Gasteiger partial charge on any atom is -0.449 e. The van der Waals surface area contributed by atoms with Gasteiger partial charge in [0.25, 0.3) is 5.69 Å². The predicted molar refractivity (Wildman–Crippen MR) is 118 cm³/mol. The van der Waals surface area contributed by atoms with Crippen molar-refractivity contribution in [3.63, 3.8) is 0 Å². The topological polar surface area (TPSA) is 105 Å². The Morgan fingerprint density at radius 1 is 1.06 bits per heavy atom. The zero-order chi connectivity index (χ0) is 22.5. The molecule has 0 fully saturated rings. The van der Waals surface area contributed by atoms with E-state index >= 15 is 0 Å². The number of nitrogens with one attached hydrogen (secondary N) is 1. The number of nitro benzene ring substituents is 1. The zero-order valence-corrected chi connectivity index (χ0v) is 16.9. The summed E-state index contributed by atoms with van der Waals surface area (Å²) < 4.78 is 5.42. The highest BCUT2D eigenvalue weighted by atomic mass is 16.6. The Kier molecular flexibility index (Phi) is 5.83. The molecule has 0 radical (unpaired) electrons. The van der Waals surface area contributed by atoms with Gasteiger partial charge in [0.2, 0.25) is 0 Å². The lowest BCUT2D eigenvalue weighted by atomic mass is 9.98. The number of rotatable bonds is 4. The highest BCUT2D eigenvalue weighted by Gasteiger charge is 2.28. The van der Waals surface area contributed by atoms with E-state index in [-0.39, 0.29) is 35.9 Å². The number of nitro groups is 1. The van der Waals surface area contributed by atoms with Crippen LogP contribution in [0.4, 0.5) is 10.5 Å². The first-order chi connectivity index (χ1) is 15.6. The van der Waals surface area contributed by atoms with Gasteiger partial charge in [-0.05, 0) is 34.4 Å². The second kappa shape index (κ2) is 9.03. The monoisotopic (exact) mass is 423 g/mol. The van der Waals surface area contributed by atoms with Crippen molar-refractivity contribution in [3.05, 3.63) is 99.1 Å². The highest BCUT2D eigenvalue weighted by molar-refractivity contribution is 5.79. The third-order valence-electron chi connectivity index (χ3n) is 5.21. The van der Waals surface area contributed by atoms with Crippen molar-refractivity contribution < 1.29 is 14.5 Å². The van der Waals surface area contributed by atoms with E-state index in [0.29, 0.717) is 0 Å². The molecule has 0 saturated heterocycles. The summed E-state index contributed by atoms with van der Waals surface area (Å²) >= 11 is 0. The maximum absolute atomic E-state index is 12.1. The van der Waals surface area contributed by atoms with Crippen LogP contribution in [0.15, 0.2) is 66.7 Å². The van der Waals surface area contributed by atoms with Crippen LogP contribution in [0.1, 0.15) is 28.2 Å². The van der Waals surface area contributed by atoms with Gasteiger partial charge in [-0.1, -0.05) is 60.4 Å². The van der Waals surface area contributed by atoms with Crippen molar-refractivity contribution in [3.8, 4) is 29.0 Å². The summed E-state index contributed by atoms with van der Waals surface area (Å²) in [4.78, 5) is 22.7. The van der Waals surface area contributed by atoms with Crippen LogP contribution in [0.3, 0.4) is 0 Å². The summed E-state index contributed by atoms with van der Waals surface area (Å²) in [6, 6.07) is 22.0. The fourth-order valence-electron chi connectivity index (χ4n) is 3.76. The molecule has 0 heterocycles. The van der Waals surface area contributed by atoms with E-state index in [1.807, 2.05) is 42.5 Å². The van der Waals surface area contributed by atoms with Crippen LogP contribution >= 0.6 is 0 Å². The molecule has 4 rings (SSSR count). The Labute approximate surface area is 184 Å². The van der Waals surface area contributed by atoms with Crippen molar-refractivity contribution in [2.75, 3.05) is 13.2 Å². The third kappa shape index (κ3) is 4.14. The van der Waals surface area contributed by atoms with Crippen molar-refractivity contribution in [2.24, 2.45) is 0 Å². The molecule has 3 aromatic carbocycles. The number of ether oxygens (including phenoxy) is 1. The summed E-state index contributed by atoms with van der Waals surface area (Å²) in [5.41, 5.74) is 4.63. The highest BCUT2D eigenvalue weighted by Crippen LogP contribution is 2.44. The number of fused-ring (bicyclic) bond motifs is 3. The first-order valence-electron chi connectivity index (χ1n) is 9.84. The number of benzene rings is 3. The van der Waals surface area contributed by atoms with Gasteiger partial charge in [0.15, 0.2) is 0 Å². The minimum absolute atomic E-state index is 0.0339. The first kappa shape index (κ1) is 20.6. The lowest BCUT2D eigenvalue weighted by molar-refractivity contribution is -0.385. The molecule has 1 aliphatic rings. The van der Waals surface area contributed by atoms with E-state index in [0.717, 1.165) is 22.3 Å². The Morgan fingerprint density at radius 3 is 2.34 bits per heavy atom. The molecular formula is C25H17N3O4. The van der Waals surface area contributed by atoms with E-state index in [2.05, 4.69) is 29.3 Å². The summed E-state index contributed by atoms with van der Waals surface area (Å²) in [5, 5.41) is 22.6. The molecule has 0 bridgehead atoms. The second-order valence-corrected chi connectivity index (χ2v) is 7.08. The quantitative estimate of drug-likeness (QED) is 0.381. The third-order valence-corrected chi connectivity index (χ3v) is 5.21. The molecule has 3 aromatic rings. The maximum Gasteiger partial charge on any atom is 0.407 e. The van der Waals surface area contributed by atoms with Gasteiger partial charge >= 0.3 is 6.09 Å². The van der Waals surface area contributed by atoms with Gasteiger partial charge in [-0.2, -0.15) is 5.26 Å². The second-order valence-electron chi connectivity index (χ2n) is 7.08. The molecule has 1 amide bonds. The Morgan fingerprint density at radius 2 is 1.72 bits per heavy atom. The molecular weight excluding hydrogens is 406 g/mol. The van der Waals surface area contributed by atoms with Gasteiger partial charge in [0.05, 0.1) is 23.1 Å². The summed E-state index contributed by atoms with van der Waals surface area (Å²) in [6.07, 6.45) is -0.615. The van der Waals surface area contributed by atoms with Crippen molar-refractivity contribution in [1.82, 2.24) is 5.32 Å². The van der Waals surface area contributed by atoms with Crippen molar-refractivity contribution in [1.29, 1.82) is 5.26 Å². The summed E-state index contributed by atoms with van der Waals surface area (Å²) in [7, 11) is 0. The Balaban J connectivity index is 1.37. The molecule has 1 N–H and O–H groups in total. The maximum atomic E-state index is 12.1. The molecule has 7 heteroatoms. The molecule has 0 aliphatic heterocycles. The number of carbonyl (C=O) groups is 1. The molecule has 7 nitrogen and oxygen atoms in total. The molecule has 0 unspecified atom stereocenters. The number of amides is 1. The molecule has 0 spiro atoms. The van der Waals surface area contributed by atoms with Crippen LogP contribution < -0.4 is 5.32 Å². The molecule has 1 aliphatic carbocycles. The summed E-state index contributed by atoms with van der Waals surface area (Å²) in [6.45, 7) is 0.155. The number of alkyl carbamates (subject to hydrolysis) is 1. The van der Waals surface area contributed by atoms with Crippen LogP contribution in [0.25, 0.3) is 11.1 Å². The van der Waals surface area contributed by atoms with Gasteiger partial charge < -0.3 is 10.1 Å². The normalized spacial score (nSPS) is 11.3. The average molecular weight is 423 g/mol. The molecule has 156 valence electrons. The molecule has 0 aromatic heterocycles. The fraction of sp³-hybridized carbons (Fsp3) is 0.120. The van der Waals surface area contributed by atoms with Crippen LogP contribution in [-0.4, -0.2) is 24.2 Å². The molecule has 32 heavy (non-hydrogen) atoms. The van der Waals surface area contributed by atoms with Gasteiger partial charge in [-0.25, -0.2) is 4.79 Å². The van der Waals surface area contributed by atoms with Gasteiger partial charge in [0.1, 0.15) is 12.2 Å². The van der Waals surface area contributed by atoms with Gasteiger partial charge in [-0.3, -0.25) is 10.1 Å². The standard InChI is InChI=1S/C25H17N3O4/c26-15-17-11-12-18(24(14-17)28(30)31)6-5-13-27-25(29)32-16-23-21-9-3-1-7-19(21)20-8-2-4-10-22(20)23/h1-4,7-12,14,23H,13,16H2,(H,27,29). The summed E-state index contributed by atoms with van der Waals surface area (Å²) in [5.74, 6) is 5.29. The number of nitrogens with zero attached hydrogens (tertiary/aromatic N) is 2. The van der Waals surface area contributed by atoms with E-state index in [1.165, 1.54) is 18.2 Å². The van der Waals surface area contributed by atoms with Crippen LogP contribution in [0.2, 0.25) is 0 Å². The molecule has 0 saturated carbocycles. The first-order valence-corrected chi connectivity index (χ1v) is 9.84. The lowest BCUT2D eigenvalue weighted by Crippen LogP contribution is -2.26. The Hall–Kier alpha value is -4.62. The van der Waals surface area contributed by atoms with Crippen molar-refractivity contribution in [2.45, 2.75) is 5.92 Å². The fourth-order valence-corrected chi connectivity index (χ4v) is 3.76. The SMILES string of the molecule is N#Cc1ccc(C#CCNC(=O)OCC2c3ccccc3-c3ccccc32)c([N+](=O)[O-])c1. The lowest BCUT2D eigenvalue weighted by Gasteiger charge is -2.14. The van der Waals surface area contributed by atoms with Crippen LogP contribution in [-0.2, 0) is 4.74 Å². The van der Waals surface area contributed by atoms with Gasteiger partial charge in [0, 0.05) is 12.0 Å². The minimum atomic E-state index is -0.615. The van der Waals surface area contributed by atoms with E-state index in [9.17, 15) is 14.9 Å². The van der Waals surface area contributed by atoms with Crippen LogP contribution in [0, 0.1) is 33.3 Å². The Bertz CT molecular complexity index is 1270. The van der Waals surface area contributed by atoms with E-state index < -0.39 is 11.0 Å². The zero-order valence-electron chi connectivity index (χ0n) is 16.9. The number of nitriles is 1. The van der Waals surface area contributed by atoms with Gasteiger partial charge in [-0.15, -0.1) is 0 Å². The average Bonchev–Trinajstić information content (AvgIpc) is 3.14. The number of carbonyl (C=O) groups excluding carboxylic acids is 1. The molecule has 0 atom stereocenters. The largest absolute Gasteiger partial charge is 0.449 e. The van der Waals surface area contributed by atoms with Crippen LogP contribution in [0.5, 0.6) is 0 Å². The van der Waals surface area contributed by atoms with E-state index in [4.69, 9.17) is 10.00 Å². The predicted octanol–water partition coefficient (Wildman–Crippen LogP) is 4.36.